The summed E-state index contributed by atoms with van der Waals surface area (Å²) in [6.45, 7) is 4.67. The lowest BCUT2D eigenvalue weighted by atomic mass is 10.0. The molecule has 1 atom stereocenters. The highest BCUT2D eigenvalue weighted by atomic mass is 32.2. The molecule has 1 aliphatic rings. The zero-order chi connectivity index (χ0) is 21.7. The Bertz CT molecular complexity index is 954. The number of carbonyl (C=O) groups is 1. The van der Waals surface area contributed by atoms with Crippen LogP contribution in [0.5, 0.6) is 5.75 Å². The fourth-order valence-electron chi connectivity index (χ4n) is 3.75. The molecule has 1 fully saturated rings. The summed E-state index contributed by atoms with van der Waals surface area (Å²) in [6, 6.07) is 13.8. The van der Waals surface area contributed by atoms with Gasteiger partial charge in [0.2, 0.25) is 15.9 Å². The Balaban J connectivity index is 1.70. The van der Waals surface area contributed by atoms with E-state index in [1.807, 2.05) is 24.3 Å². The molecule has 1 saturated heterocycles. The first-order valence-corrected chi connectivity index (χ1v) is 11.8. The van der Waals surface area contributed by atoms with Crippen LogP contribution < -0.4 is 10.1 Å². The van der Waals surface area contributed by atoms with Crippen molar-refractivity contribution in [2.75, 3.05) is 19.0 Å². The highest BCUT2D eigenvalue weighted by Crippen LogP contribution is 2.28. The van der Waals surface area contributed by atoms with Crippen LogP contribution in [-0.2, 0) is 14.8 Å². The Kier molecular flexibility index (Phi) is 7.15. The highest BCUT2D eigenvalue weighted by Gasteiger charge is 2.34. The van der Waals surface area contributed by atoms with Gasteiger partial charge in [0.25, 0.3) is 0 Å². The van der Waals surface area contributed by atoms with E-state index in [0.29, 0.717) is 24.6 Å². The lowest BCUT2D eigenvalue weighted by Gasteiger charge is -2.34. The van der Waals surface area contributed by atoms with Crippen LogP contribution in [0.3, 0.4) is 0 Å². The molecule has 0 radical (unpaired) electrons. The lowest BCUT2D eigenvalue weighted by Crippen LogP contribution is -2.45. The molecule has 1 heterocycles. The molecule has 6 nitrogen and oxygen atoms in total. The van der Waals surface area contributed by atoms with Crippen molar-refractivity contribution in [3.63, 3.8) is 0 Å². The monoisotopic (exact) mass is 430 g/mol. The van der Waals surface area contributed by atoms with Gasteiger partial charge in [-0.25, -0.2) is 8.42 Å². The highest BCUT2D eigenvalue weighted by molar-refractivity contribution is 7.89. The number of nitrogens with zero attached hydrogens (tertiary/aromatic N) is 1. The van der Waals surface area contributed by atoms with Crippen LogP contribution in [0.4, 0.5) is 5.69 Å². The fourth-order valence-corrected chi connectivity index (χ4v) is 5.45. The Morgan fingerprint density at radius 1 is 1.10 bits per heavy atom. The van der Waals surface area contributed by atoms with Crippen LogP contribution in [0.25, 0.3) is 0 Å². The third-order valence-electron chi connectivity index (χ3n) is 5.52. The van der Waals surface area contributed by atoms with Gasteiger partial charge < -0.3 is 10.1 Å². The number of methoxy groups -OCH3 is 1. The minimum absolute atomic E-state index is 0.140. The van der Waals surface area contributed by atoms with Crippen molar-refractivity contribution in [3.05, 3.63) is 54.1 Å². The first-order chi connectivity index (χ1) is 14.3. The van der Waals surface area contributed by atoms with Crippen molar-refractivity contribution in [1.29, 1.82) is 0 Å². The SMILES string of the molecule is COc1ccc(S(=O)(=O)N2CCCC[C@H]2CC(=O)Nc2ccc(C(C)C)cc2)cc1. The van der Waals surface area contributed by atoms with Gasteiger partial charge in [-0.15, -0.1) is 0 Å². The van der Waals surface area contributed by atoms with E-state index in [1.165, 1.54) is 9.87 Å². The van der Waals surface area contributed by atoms with Crippen LogP contribution in [0.1, 0.15) is 51.0 Å². The van der Waals surface area contributed by atoms with Gasteiger partial charge in [0.1, 0.15) is 5.75 Å². The maximum Gasteiger partial charge on any atom is 0.243 e. The molecule has 0 spiro atoms. The van der Waals surface area contributed by atoms with E-state index in [9.17, 15) is 13.2 Å². The number of piperidine rings is 1. The number of hydrogen-bond donors (Lipinski definition) is 1. The van der Waals surface area contributed by atoms with Gasteiger partial charge in [-0.05, 0) is 60.7 Å². The van der Waals surface area contributed by atoms with Gasteiger partial charge in [0.15, 0.2) is 0 Å². The molecule has 1 aliphatic heterocycles. The van der Waals surface area contributed by atoms with Crippen LogP contribution in [0.15, 0.2) is 53.4 Å². The van der Waals surface area contributed by atoms with Crippen molar-refractivity contribution < 1.29 is 17.9 Å². The first-order valence-electron chi connectivity index (χ1n) is 10.4. The number of ether oxygens (including phenoxy) is 1. The minimum atomic E-state index is -3.67. The minimum Gasteiger partial charge on any atom is -0.497 e. The summed E-state index contributed by atoms with van der Waals surface area (Å²) in [5.74, 6) is 0.856. The molecule has 0 saturated carbocycles. The summed E-state index contributed by atoms with van der Waals surface area (Å²) in [4.78, 5) is 12.9. The first kappa shape index (κ1) is 22.3. The molecular weight excluding hydrogens is 400 g/mol. The quantitative estimate of drug-likeness (QED) is 0.707. The van der Waals surface area contributed by atoms with Crippen molar-refractivity contribution in [3.8, 4) is 5.75 Å². The van der Waals surface area contributed by atoms with E-state index < -0.39 is 10.0 Å². The molecule has 1 amide bonds. The number of sulfonamides is 1. The Hall–Kier alpha value is -2.38. The molecule has 7 heteroatoms. The van der Waals surface area contributed by atoms with E-state index in [1.54, 1.807) is 31.4 Å². The second kappa shape index (κ2) is 9.62. The molecule has 0 bridgehead atoms. The molecule has 30 heavy (non-hydrogen) atoms. The van der Waals surface area contributed by atoms with Crippen LogP contribution in [0, 0.1) is 0 Å². The van der Waals surface area contributed by atoms with Crippen LogP contribution in [0.2, 0.25) is 0 Å². The standard InChI is InChI=1S/C23H30N2O4S/c1-17(2)18-7-9-19(10-8-18)24-23(26)16-20-6-4-5-15-25(20)30(27,28)22-13-11-21(29-3)12-14-22/h7-14,17,20H,4-6,15-16H2,1-3H3,(H,24,26)/t20-/m0/s1. The Morgan fingerprint density at radius 2 is 1.77 bits per heavy atom. The van der Waals surface area contributed by atoms with Crippen molar-refractivity contribution in [2.24, 2.45) is 0 Å². The normalized spacial score (nSPS) is 17.7. The summed E-state index contributed by atoms with van der Waals surface area (Å²) < 4.78 is 33.0. The molecular formula is C23H30N2O4S. The third-order valence-corrected chi connectivity index (χ3v) is 7.49. The van der Waals surface area contributed by atoms with Gasteiger partial charge in [0.05, 0.1) is 12.0 Å². The zero-order valence-electron chi connectivity index (χ0n) is 17.8. The summed E-state index contributed by atoms with van der Waals surface area (Å²) in [5.41, 5.74) is 1.93. The topological polar surface area (TPSA) is 75.7 Å². The average Bonchev–Trinajstić information content (AvgIpc) is 2.74. The van der Waals surface area contributed by atoms with E-state index in [0.717, 1.165) is 18.5 Å². The molecule has 0 aromatic heterocycles. The van der Waals surface area contributed by atoms with Gasteiger partial charge >= 0.3 is 0 Å². The molecule has 0 aliphatic carbocycles. The largest absolute Gasteiger partial charge is 0.497 e. The van der Waals surface area contributed by atoms with Crippen LogP contribution >= 0.6 is 0 Å². The smallest absolute Gasteiger partial charge is 0.243 e. The van der Waals surface area contributed by atoms with Crippen molar-refractivity contribution >= 4 is 21.6 Å². The lowest BCUT2D eigenvalue weighted by molar-refractivity contribution is -0.117. The average molecular weight is 431 g/mol. The predicted octanol–water partition coefficient (Wildman–Crippen LogP) is 4.39. The molecule has 3 rings (SSSR count). The molecule has 2 aromatic rings. The maximum absolute atomic E-state index is 13.2. The van der Waals surface area contributed by atoms with Gasteiger partial charge in [-0.2, -0.15) is 4.31 Å². The van der Waals surface area contributed by atoms with E-state index in [-0.39, 0.29) is 23.3 Å². The Labute approximate surface area is 179 Å². The van der Waals surface area contributed by atoms with Gasteiger partial charge in [-0.1, -0.05) is 32.4 Å². The predicted molar refractivity (Wildman–Crippen MR) is 118 cm³/mol. The second-order valence-electron chi connectivity index (χ2n) is 7.97. The molecule has 2 aromatic carbocycles. The molecule has 0 unspecified atom stereocenters. The van der Waals surface area contributed by atoms with Crippen molar-refractivity contribution in [2.45, 2.75) is 56.4 Å². The maximum atomic E-state index is 13.2. The number of hydrogen-bond acceptors (Lipinski definition) is 4. The van der Waals surface area contributed by atoms with E-state index in [2.05, 4.69) is 19.2 Å². The second-order valence-corrected chi connectivity index (χ2v) is 9.86. The van der Waals surface area contributed by atoms with E-state index in [4.69, 9.17) is 4.74 Å². The van der Waals surface area contributed by atoms with Crippen LogP contribution in [-0.4, -0.2) is 38.3 Å². The number of nitrogens with one attached hydrogen (secondary N) is 1. The van der Waals surface area contributed by atoms with Gasteiger partial charge in [0, 0.05) is 24.7 Å². The summed E-state index contributed by atoms with van der Waals surface area (Å²) in [5, 5.41) is 2.91. The molecule has 1 N–H and O–H groups in total. The Morgan fingerprint density at radius 3 is 2.37 bits per heavy atom. The summed E-state index contributed by atoms with van der Waals surface area (Å²) >= 11 is 0. The zero-order valence-corrected chi connectivity index (χ0v) is 18.6. The number of carbonyl (C=O) groups excluding carboxylic acids is 1. The van der Waals surface area contributed by atoms with Crippen molar-refractivity contribution in [1.82, 2.24) is 4.31 Å². The number of anilines is 1. The van der Waals surface area contributed by atoms with Gasteiger partial charge in [-0.3, -0.25) is 4.79 Å². The number of benzene rings is 2. The summed E-state index contributed by atoms with van der Waals surface area (Å²) in [7, 11) is -2.13. The third kappa shape index (κ3) is 5.21. The van der Waals surface area contributed by atoms with E-state index >= 15 is 0 Å². The summed E-state index contributed by atoms with van der Waals surface area (Å²) in [6.07, 6.45) is 2.52. The molecule has 162 valence electrons. The number of amides is 1. The fraction of sp³-hybridized carbons (Fsp3) is 0.435. The number of rotatable bonds is 7.